The summed E-state index contributed by atoms with van der Waals surface area (Å²) < 4.78 is 5.92. The van der Waals surface area contributed by atoms with E-state index < -0.39 is 5.97 Å². The number of esters is 1. The molecule has 1 atom stereocenters. The van der Waals surface area contributed by atoms with E-state index in [1.165, 1.54) is 24.5 Å². The quantitative estimate of drug-likeness (QED) is 0.488. The lowest BCUT2D eigenvalue weighted by Gasteiger charge is -2.11. The SMILES string of the molecule is O=C(Nc1cccc(C(=O)OC[C@@H]2CCCN2)c1)c1cc[n+]([O-])cc1. The highest BCUT2D eigenvalue weighted by Gasteiger charge is 2.17. The number of benzene rings is 1. The van der Waals surface area contributed by atoms with Gasteiger partial charge in [0.15, 0.2) is 12.4 Å². The van der Waals surface area contributed by atoms with Crippen molar-refractivity contribution in [2.45, 2.75) is 18.9 Å². The molecule has 1 fully saturated rings. The number of ether oxygens (including phenoxy) is 1. The van der Waals surface area contributed by atoms with Crippen molar-refractivity contribution in [3.05, 3.63) is 65.1 Å². The Hall–Kier alpha value is -2.93. The van der Waals surface area contributed by atoms with Gasteiger partial charge in [-0.15, -0.1) is 0 Å². The lowest BCUT2D eigenvalue weighted by molar-refractivity contribution is -0.605. The molecule has 130 valence electrons. The van der Waals surface area contributed by atoms with Gasteiger partial charge in [0.1, 0.15) is 6.61 Å². The second kappa shape index (κ2) is 7.76. The van der Waals surface area contributed by atoms with Crippen LogP contribution < -0.4 is 15.4 Å². The van der Waals surface area contributed by atoms with E-state index in [9.17, 15) is 14.8 Å². The van der Waals surface area contributed by atoms with Gasteiger partial charge >= 0.3 is 5.97 Å². The zero-order valence-electron chi connectivity index (χ0n) is 13.6. The molecule has 7 nitrogen and oxygen atoms in total. The fraction of sp³-hybridized carbons (Fsp3) is 0.278. The molecule has 1 aromatic heterocycles. The summed E-state index contributed by atoms with van der Waals surface area (Å²) in [5, 5.41) is 17.0. The van der Waals surface area contributed by atoms with Crippen molar-refractivity contribution < 1.29 is 19.1 Å². The third kappa shape index (κ3) is 4.54. The number of amides is 1. The molecule has 0 bridgehead atoms. The van der Waals surface area contributed by atoms with E-state index in [0.717, 1.165) is 19.4 Å². The Labute approximate surface area is 145 Å². The summed E-state index contributed by atoms with van der Waals surface area (Å²) in [5.74, 6) is -0.779. The highest BCUT2D eigenvalue weighted by molar-refractivity contribution is 6.04. The van der Waals surface area contributed by atoms with Gasteiger partial charge in [-0.1, -0.05) is 6.07 Å². The van der Waals surface area contributed by atoms with Crippen molar-refractivity contribution in [1.29, 1.82) is 0 Å². The molecule has 2 N–H and O–H groups in total. The summed E-state index contributed by atoms with van der Waals surface area (Å²) in [6, 6.07) is 9.64. The molecule has 1 saturated heterocycles. The van der Waals surface area contributed by atoms with E-state index in [1.54, 1.807) is 24.3 Å². The number of hydrogen-bond donors (Lipinski definition) is 2. The van der Waals surface area contributed by atoms with Crippen LogP contribution in [-0.2, 0) is 4.74 Å². The topological polar surface area (TPSA) is 94.4 Å². The first kappa shape index (κ1) is 16.9. The maximum atomic E-state index is 12.2. The standard InChI is InChI=1S/C18H19N3O4/c22-17(13-6-9-21(24)10-7-13)20-15-4-1-3-14(11-15)18(23)25-12-16-5-2-8-19-16/h1,3-4,6-7,9-11,16,19H,2,5,8,12H2,(H,20,22)/t16-/m0/s1. The Kier molecular flexibility index (Phi) is 5.25. The van der Waals surface area contributed by atoms with E-state index in [-0.39, 0.29) is 11.9 Å². The van der Waals surface area contributed by atoms with Gasteiger partial charge in [0.25, 0.3) is 5.91 Å². The van der Waals surface area contributed by atoms with E-state index >= 15 is 0 Å². The van der Waals surface area contributed by atoms with E-state index in [4.69, 9.17) is 4.74 Å². The van der Waals surface area contributed by atoms with Gasteiger partial charge in [0.05, 0.1) is 11.1 Å². The van der Waals surface area contributed by atoms with E-state index in [0.29, 0.717) is 28.2 Å². The zero-order chi connectivity index (χ0) is 17.6. The van der Waals surface area contributed by atoms with Gasteiger partial charge in [0, 0.05) is 23.9 Å². The first-order valence-electron chi connectivity index (χ1n) is 8.12. The van der Waals surface area contributed by atoms with Crippen molar-refractivity contribution in [1.82, 2.24) is 5.32 Å². The molecule has 0 aliphatic carbocycles. The van der Waals surface area contributed by atoms with Gasteiger partial charge in [0.2, 0.25) is 0 Å². The van der Waals surface area contributed by atoms with Crippen molar-refractivity contribution >= 4 is 17.6 Å². The lowest BCUT2D eigenvalue weighted by Crippen LogP contribution is -2.28. The van der Waals surface area contributed by atoms with Crippen LogP contribution in [0.2, 0.25) is 0 Å². The summed E-state index contributed by atoms with van der Waals surface area (Å²) >= 11 is 0. The molecule has 0 unspecified atom stereocenters. The molecule has 1 aromatic carbocycles. The molecule has 25 heavy (non-hydrogen) atoms. The normalized spacial score (nSPS) is 16.4. The van der Waals surface area contributed by atoms with Gasteiger partial charge < -0.3 is 20.6 Å². The zero-order valence-corrected chi connectivity index (χ0v) is 13.6. The largest absolute Gasteiger partial charge is 0.619 e. The van der Waals surface area contributed by atoms with Crippen molar-refractivity contribution in [3.8, 4) is 0 Å². The maximum Gasteiger partial charge on any atom is 0.338 e. The van der Waals surface area contributed by atoms with Gasteiger partial charge in [-0.2, -0.15) is 4.73 Å². The van der Waals surface area contributed by atoms with Crippen LogP contribution in [0.25, 0.3) is 0 Å². The third-order valence-electron chi connectivity index (χ3n) is 4.00. The molecule has 0 spiro atoms. The molecule has 0 radical (unpaired) electrons. The number of aromatic nitrogens is 1. The van der Waals surface area contributed by atoms with E-state index in [1.807, 2.05) is 0 Å². The molecule has 2 heterocycles. The van der Waals surface area contributed by atoms with Crippen LogP contribution in [-0.4, -0.2) is 31.1 Å². The predicted molar refractivity (Wildman–Crippen MR) is 91.1 cm³/mol. The summed E-state index contributed by atoms with van der Waals surface area (Å²) in [6.45, 7) is 1.30. The fourth-order valence-electron chi connectivity index (χ4n) is 2.65. The molecule has 3 rings (SSSR count). The molecular formula is C18H19N3O4. The lowest BCUT2D eigenvalue weighted by atomic mass is 10.2. The highest BCUT2D eigenvalue weighted by atomic mass is 16.5. The van der Waals surface area contributed by atoms with Gasteiger partial charge in [-0.25, -0.2) is 4.79 Å². The van der Waals surface area contributed by atoms with Crippen molar-refractivity contribution in [2.75, 3.05) is 18.5 Å². The Morgan fingerprint density at radius 1 is 1.24 bits per heavy atom. The van der Waals surface area contributed by atoms with Crippen LogP contribution >= 0.6 is 0 Å². The Bertz CT molecular complexity index is 755. The average Bonchev–Trinajstić information content (AvgIpc) is 3.14. The molecule has 7 heteroatoms. The molecule has 0 saturated carbocycles. The predicted octanol–water partition coefficient (Wildman–Crippen LogP) is 1.48. The third-order valence-corrected chi connectivity index (χ3v) is 4.00. The molecule has 1 aliphatic rings. The molecular weight excluding hydrogens is 322 g/mol. The smallest absolute Gasteiger partial charge is 0.338 e. The number of carbonyl (C=O) groups is 2. The maximum absolute atomic E-state index is 12.2. The fourth-order valence-corrected chi connectivity index (χ4v) is 2.65. The Morgan fingerprint density at radius 2 is 2.04 bits per heavy atom. The van der Waals surface area contributed by atoms with Crippen LogP contribution in [0.3, 0.4) is 0 Å². The summed E-state index contributed by atoms with van der Waals surface area (Å²) in [6.07, 6.45) is 4.60. The van der Waals surface area contributed by atoms with E-state index in [2.05, 4.69) is 10.6 Å². The minimum atomic E-state index is -0.420. The number of hydrogen-bond acceptors (Lipinski definition) is 5. The monoisotopic (exact) mass is 341 g/mol. The van der Waals surface area contributed by atoms with Crippen LogP contribution in [0, 0.1) is 5.21 Å². The summed E-state index contributed by atoms with van der Waals surface area (Å²) in [4.78, 5) is 24.3. The Balaban J connectivity index is 1.61. The van der Waals surface area contributed by atoms with Crippen LogP contribution in [0.1, 0.15) is 33.6 Å². The van der Waals surface area contributed by atoms with Crippen LogP contribution in [0.5, 0.6) is 0 Å². The van der Waals surface area contributed by atoms with Crippen molar-refractivity contribution in [2.24, 2.45) is 0 Å². The molecule has 2 aromatic rings. The second-order valence-corrected chi connectivity index (χ2v) is 5.87. The summed E-state index contributed by atoms with van der Waals surface area (Å²) in [5.41, 5.74) is 1.21. The molecule has 1 amide bonds. The average molecular weight is 341 g/mol. The first-order valence-corrected chi connectivity index (χ1v) is 8.12. The second-order valence-electron chi connectivity index (χ2n) is 5.87. The van der Waals surface area contributed by atoms with Crippen molar-refractivity contribution in [3.63, 3.8) is 0 Å². The number of pyridine rings is 1. The number of anilines is 1. The number of rotatable bonds is 5. The Morgan fingerprint density at radius 3 is 2.76 bits per heavy atom. The van der Waals surface area contributed by atoms with Crippen LogP contribution in [0.4, 0.5) is 5.69 Å². The number of carbonyl (C=O) groups excluding carboxylic acids is 2. The van der Waals surface area contributed by atoms with Gasteiger partial charge in [-0.3, -0.25) is 4.79 Å². The highest BCUT2D eigenvalue weighted by Crippen LogP contribution is 2.14. The van der Waals surface area contributed by atoms with Crippen LogP contribution in [0.15, 0.2) is 48.8 Å². The molecule has 1 aliphatic heterocycles. The van der Waals surface area contributed by atoms with Gasteiger partial charge in [-0.05, 0) is 37.6 Å². The number of nitrogens with one attached hydrogen (secondary N) is 2. The number of nitrogens with zero attached hydrogens (tertiary/aromatic N) is 1. The summed E-state index contributed by atoms with van der Waals surface area (Å²) in [7, 11) is 0. The first-order chi connectivity index (χ1) is 12.1. The minimum absolute atomic E-state index is 0.216. The minimum Gasteiger partial charge on any atom is -0.619 e.